The predicted molar refractivity (Wildman–Crippen MR) is 109 cm³/mol. The maximum absolute atomic E-state index is 11.5. The molecule has 27 heavy (non-hydrogen) atoms. The molecule has 0 radical (unpaired) electrons. The standard InChI is InChI=1S/C22H35N3O2/c1-5-23-22(24-17(4)26)21-11-12-25(16(21)3)19-9-10-20(13-19)27-14-18-8-6-7-15(18)2/h5,15,18-20H,1,6-14H2,2-4H3,(H,23,24,26). The molecule has 0 aromatic carbocycles. The third-order valence-electron chi connectivity index (χ3n) is 6.65. The van der Waals surface area contributed by atoms with E-state index < -0.39 is 0 Å². The van der Waals surface area contributed by atoms with Crippen molar-refractivity contribution < 1.29 is 9.53 Å². The maximum atomic E-state index is 11.5. The van der Waals surface area contributed by atoms with Crippen LogP contribution < -0.4 is 5.32 Å². The van der Waals surface area contributed by atoms with Crippen LogP contribution in [0.25, 0.3) is 0 Å². The number of amidine groups is 1. The van der Waals surface area contributed by atoms with Gasteiger partial charge in [0, 0.05) is 37.0 Å². The summed E-state index contributed by atoms with van der Waals surface area (Å²) in [6, 6.07) is 0.538. The molecule has 5 nitrogen and oxygen atoms in total. The van der Waals surface area contributed by atoms with Crippen molar-refractivity contribution in [2.75, 3.05) is 13.2 Å². The van der Waals surface area contributed by atoms with Crippen LogP contribution in [-0.4, -0.2) is 41.9 Å². The van der Waals surface area contributed by atoms with E-state index in [1.165, 1.54) is 44.5 Å². The van der Waals surface area contributed by atoms with Crippen LogP contribution in [0.4, 0.5) is 0 Å². The lowest BCUT2D eigenvalue weighted by Crippen LogP contribution is -2.31. The average molecular weight is 374 g/mol. The monoisotopic (exact) mass is 373 g/mol. The summed E-state index contributed by atoms with van der Waals surface area (Å²) in [7, 11) is 0. The van der Waals surface area contributed by atoms with Gasteiger partial charge in [-0.25, -0.2) is 4.99 Å². The van der Waals surface area contributed by atoms with Crippen molar-refractivity contribution in [3.05, 3.63) is 24.0 Å². The van der Waals surface area contributed by atoms with Crippen LogP contribution in [0, 0.1) is 11.8 Å². The van der Waals surface area contributed by atoms with Gasteiger partial charge < -0.3 is 15.0 Å². The Morgan fingerprint density at radius 3 is 2.85 bits per heavy atom. The number of rotatable bonds is 6. The van der Waals surface area contributed by atoms with Crippen molar-refractivity contribution in [2.45, 2.75) is 77.9 Å². The Morgan fingerprint density at radius 2 is 2.19 bits per heavy atom. The number of hydrogen-bond donors (Lipinski definition) is 1. The lowest BCUT2D eigenvalue weighted by Gasteiger charge is -2.28. The summed E-state index contributed by atoms with van der Waals surface area (Å²) in [6.07, 6.45) is 10.3. The summed E-state index contributed by atoms with van der Waals surface area (Å²) >= 11 is 0. The summed E-state index contributed by atoms with van der Waals surface area (Å²) in [6.45, 7) is 11.7. The molecule has 0 spiro atoms. The van der Waals surface area contributed by atoms with Crippen LogP contribution in [0.5, 0.6) is 0 Å². The van der Waals surface area contributed by atoms with Crippen molar-refractivity contribution in [1.82, 2.24) is 10.2 Å². The normalized spacial score (nSPS) is 31.7. The second-order valence-electron chi connectivity index (χ2n) is 8.44. The summed E-state index contributed by atoms with van der Waals surface area (Å²) in [5, 5.41) is 2.86. The van der Waals surface area contributed by atoms with Gasteiger partial charge in [-0.1, -0.05) is 26.3 Å². The number of aliphatic imine (C=N–C) groups is 1. The molecule has 1 N–H and O–H groups in total. The van der Waals surface area contributed by atoms with E-state index in [0.29, 0.717) is 18.0 Å². The Bertz CT molecular complexity index is 625. The lowest BCUT2D eigenvalue weighted by atomic mass is 9.99. The maximum Gasteiger partial charge on any atom is 0.222 e. The highest BCUT2D eigenvalue weighted by Crippen LogP contribution is 2.36. The zero-order valence-corrected chi connectivity index (χ0v) is 17.2. The molecule has 2 fully saturated rings. The van der Waals surface area contributed by atoms with Crippen molar-refractivity contribution in [3.8, 4) is 0 Å². The molecule has 1 amide bonds. The van der Waals surface area contributed by atoms with E-state index in [9.17, 15) is 4.79 Å². The molecule has 0 saturated heterocycles. The molecule has 1 aliphatic heterocycles. The summed E-state index contributed by atoms with van der Waals surface area (Å²) in [4.78, 5) is 18.3. The van der Waals surface area contributed by atoms with Gasteiger partial charge in [0.05, 0.1) is 12.7 Å². The zero-order chi connectivity index (χ0) is 19.4. The van der Waals surface area contributed by atoms with Crippen molar-refractivity contribution in [3.63, 3.8) is 0 Å². The molecule has 150 valence electrons. The molecule has 3 rings (SSSR count). The van der Waals surface area contributed by atoms with E-state index in [4.69, 9.17) is 4.74 Å². The minimum atomic E-state index is -0.0928. The first-order valence-electron chi connectivity index (χ1n) is 10.5. The van der Waals surface area contributed by atoms with Gasteiger partial charge in [-0.2, -0.15) is 0 Å². The highest BCUT2D eigenvalue weighted by atomic mass is 16.5. The minimum Gasteiger partial charge on any atom is -0.378 e. The summed E-state index contributed by atoms with van der Waals surface area (Å²) in [5.41, 5.74) is 2.37. The number of ether oxygens (including phenoxy) is 1. The Kier molecular flexibility index (Phi) is 6.74. The molecule has 4 unspecified atom stereocenters. The molecule has 3 aliphatic rings. The van der Waals surface area contributed by atoms with Crippen LogP contribution in [0.2, 0.25) is 0 Å². The topological polar surface area (TPSA) is 53.9 Å². The van der Waals surface area contributed by atoms with Crippen LogP contribution >= 0.6 is 0 Å². The Labute approximate surface area is 163 Å². The number of carbonyl (C=O) groups is 1. The largest absolute Gasteiger partial charge is 0.378 e. The lowest BCUT2D eigenvalue weighted by molar-refractivity contribution is -0.117. The van der Waals surface area contributed by atoms with E-state index >= 15 is 0 Å². The smallest absolute Gasteiger partial charge is 0.222 e. The van der Waals surface area contributed by atoms with Crippen LogP contribution in [0.15, 0.2) is 29.0 Å². The molecule has 0 aromatic rings. The fraction of sp³-hybridized carbons (Fsp3) is 0.727. The first-order chi connectivity index (χ1) is 13.0. The molecule has 2 saturated carbocycles. The fourth-order valence-electron chi connectivity index (χ4n) is 5.03. The van der Waals surface area contributed by atoms with Gasteiger partial charge in [0.15, 0.2) is 0 Å². The average Bonchev–Trinajstić information content (AvgIpc) is 3.32. The second-order valence-corrected chi connectivity index (χ2v) is 8.44. The first kappa shape index (κ1) is 20.1. The van der Waals surface area contributed by atoms with E-state index in [1.807, 2.05) is 0 Å². The Balaban J connectivity index is 1.57. The van der Waals surface area contributed by atoms with Gasteiger partial charge in [0.2, 0.25) is 5.91 Å². The highest BCUT2D eigenvalue weighted by molar-refractivity contribution is 6.08. The summed E-state index contributed by atoms with van der Waals surface area (Å²) < 4.78 is 6.31. The fourth-order valence-corrected chi connectivity index (χ4v) is 5.03. The van der Waals surface area contributed by atoms with Gasteiger partial charge in [0.1, 0.15) is 5.84 Å². The van der Waals surface area contributed by atoms with E-state index in [1.54, 1.807) is 0 Å². The second kappa shape index (κ2) is 9.05. The third kappa shape index (κ3) is 4.81. The van der Waals surface area contributed by atoms with Crippen molar-refractivity contribution >= 4 is 11.7 Å². The molecule has 0 aromatic heterocycles. The number of amides is 1. The quantitative estimate of drug-likeness (QED) is 0.565. The molecule has 0 bridgehead atoms. The van der Waals surface area contributed by atoms with Gasteiger partial charge in [0.25, 0.3) is 0 Å². The minimum absolute atomic E-state index is 0.0928. The SMILES string of the molecule is C=CN=C(NC(C)=O)C1=C(C)N(C2CCC(OCC3CCCC3C)C2)CC1. The van der Waals surface area contributed by atoms with Gasteiger partial charge in [-0.15, -0.1) is 0 Å². The van der Waals surface area contributed by atoms with Crippen molar-refractivity contribution in [2.24, 2.45) is 16.8 Å². The van der Waals surface area contributed by atoms with E-state index in [2.05, 4.69) is 35.6 Å². The number of carbonyl (C=O) groups excluding carboxylic acids is 1. The molecule has 5 heteroatoms. The number of hydrogen-bond acceptors (Lipinski definition) is 4. The summed E-state index contributed by atoms with van der Waals surface area (Å²) in [5.74, 6) is 2.15. The van der Waals surface area contributed by atoms with Crippen molar-refractivity contribution in [1.29, 1.82) is 0 Å². The predicted octanol–water partition coefficient (Wildman–Crippen LogP) is 4.02. The van der Waals surface area contributed by atoms with Gasteiger partial charge in [-0.05, 0) is 50.9 Å². The van der Waals surface area contributed by atoms with E-state index in [-0.39, 0.29) is 5.91 Å². The van der Waals surface area contributed by atoms with Crippen LogP contribution in [0.3, 0.4) is 0 Å². The molecular formula is C22H35N3O2. The molecule has 2 aliphatic carbocycles. The zero-order valence-electron chi connectivity index (χ0n) is 17.2. The highest BCUT2D eigenvalue weighted by Gasteiger charge is 2.35. The Hall–Kier alpha value is -1.62. The first-order valence-corrected chi connectivity index (χ1v) is 10.5. The number of nitrogens with one attached hydrogen (secondary N) is 1. The van der Waals surface area contributed by atoms with E-state index in [0.717, 1.165) is 49.8 Å². The number of nitrogens with zero attached hydrogens (tertiary/aromatic N) is 2. The van der Waals surface area contributed by atoms with Gasteiger partial charge in [-0.3, -0.25) is 4.79 Å². The number of allylic oxidation sites excluding steroid dienone is 1. The molecule has 1 heterocycles. The van der Waals surface area contributed by atoms with Crippen LogP contribution in [-0.2, 0) is 9.53 Å². The third-order valence-corrected chi connectivity index (χ3v) is 6.65. The van der Waals surface area contributed by atoms with Gasteiger partial charge >= 0.3 is 0 Å². The molecule has 4 atom stereocenters. The molecular weight excluding hydrogens is 338 g/mol. The van der Waals surface area contributed by atoms with Crippen LogP contribution in [0.1, 0.15) is 65.7 Å². The Morgan fingerprint density at radius 1 is 1.37 bits per heavy atom.